The van der Waals surface area contributed by atoms with E-state index in [2.05, 4.69) is 5.10 Å². The molecule has 6 nitrogen and oxygen atoms in total. The van der Waals surface area contributed by atoms with Crippen LogP contribution in [0.25, 0.3) is 16.9 Å². The molecular formula is C24H23FN4O2. The quantitative estimate of drug-likeness (QED) is 0.624. The fraction of sp³-hybridized carbons (Fsp3) is 0.292. The van der Waals surface area contributed by atoms with E-state index in [0.717, 1.165) is 35.2 Å². The van der Waals surface area contributed by atoms with Gasteiger partial charge in [-0.15, -0.1) is 0 Å². The van der Waals surface area contributed by atoms with Gasteiger partial charge in [0.1, 0.15) is 11.9 Å². The van der Waals surface area contributed by atoms with Gasteiger partial charge in [-0.25, -0.2) is 13.9 Å². The van der Waals surface area contributed by atoms with E-state index in [1.807, 2.05) is 51.1 Å². The van der Waals surface area contributed by atoms with Crippen molar-refractivity contribution in [2.45, 2.75) is 45.2 Å². The van der Waals surface area contributed by atoms with Gasteiger partial charge in [-0.1, -0.05) is 18.2 Å². The van der Waals surface area contributed by atoms with Crippen LogP contribution in [0, 0.1) is 17.1 Å². The summed E-state index contributed by atoms with van der Waals surface area (Å²) < 4.78 is 15.3. The number of hydrogen-bond acceptors (Lipinski definition) is 3. The Labute approximate surface area is 180 Å². The van der Waals surface area contributed by atoms with E-state index in [9.17, 15) is 14.3 Å². The maximum Gasteiger partial charge on any atom is 0.408 e. The molecule has 7 heteroatoms. The van der Waals surface area contributed by atoms with Crippen molar-refractivity contribution < 1.29 is 14.3 Å². The van der Waals surface area contributed by atoms with Crippen LogP contribution in [0.15, 0.2) is 48.7 Å². The van der Waals surface area contributed by atoms with Crippen molar-refractivity contribution >= 4 is 6.09 Å². The normalized spacial score (nSPS) is 15.4. The van der Waals surface area contributed by atoms with E-state index >= 15 is 0 Å². The van der Waals surface area contributed by atoms with Crippen LogP contribution in [0.4, 0.5) is 9.18 Å². The first kappa shape index (κ1) is 20.6. The van der Waals surface area contributed by atoms with Crippen LogP contribution in [0.2, 0.25) is 0 Å². The second-order valence-corrected chi connectivity index (χ2v) is 8.67. The standard InChI is InChI=1S/C24H23FN4O2/c1-24(2,3)29(23(30)31)22-10-8-17-18(5-4-6-19(17)22)21-11-12-28(27-21)16-7-9-20(25)15(13-16)14-26/h4-7,9,11-13,22H,8,10H2,1-3H3,(H,30,31). The first-order valence-corrected chi connectivity index (χ1v) is 10.1. The average molecular weight is 418 g/mol. The van der Waals surface area contributed by atoms with Gasteiger partial charge in [-0.3, -0.25) is 4.90 Å². The molecule has 0 saturated carbocycles. The van der Waals surface area contributed by atoms with Crippen molar-refractivity contribution in [1.82, 2.24) is 14.7 Å². The maximum absolute atomic E-state index is 13.7. The lowest BCUT2D eigenvalue weighted by molar-refractivity contribution is 0.0701. The van der Waals surface area contributed by atoms with E-state index in [1.165, 1.54) is 17.0 Å². The molecule has 1 atom stereocenters. The van der Waals surface area contributed by atoms with E-state index < -0.39 is 17.4 Å². The Kier molecular flexibility index (Phi) is 5.02. The molecular weight excluding hydrogens is 395 g/mol. The largest absolute Gasteiger partial charge is 0.465 e. The minimum atomic E-state index is -0.926. The van der Waals surface area contributed by atoms with E-state index in [4.69, 9.17) is 5.26 Å². The molecule has 0 spiro atoms. The third kappa shape index (κ3) is 3.66. The summed E-state index contributed by atoms with van der Waals surface area (Å²) in [5, 5.41) is 23.6. The minimum absolute atomic E-state index is 0.0334. The lowest BCUT2D eigenvalue weighted by atomic mass is 9.97. The number of rotatable bonds is 3. The Hall–Kier alpha value is -3.66. The molecule has 1 N–H and O–H groups in total. The van der Waals surface area contributed by atoms with Gasteiger partial charge in [0.15, 0.2) is 0 Å². The third-order valence-corrected chi connectivity index (χ3v) is 5.68. The number of nitrogens with zero attached hydrogens (tertiary/aromatic N) is 4. The molecule has 1 aliphatic carbocycles. The molecule has 3 aromatic rings. The van der Waals surface area contributed by atoms with Crippen molar-refractivity contribution in [3.63, 3.8) is 0 Å². The number of benzene rings is 2. The number of amides is 1. The van der Waals surface area contributed by atoms with Crippen molar-refractivity contribution in [3.8, 4) is 23.0 Å². The summed E-state index contributed by atoms with van der Waals surface area (Å²) in [6.45, 7) is 5.72. The summed E-state index contributed by atoms with van der Waals surface area (Å²) in [5.41, 5.74) is 3.87. The molecule has 0 saturated heterocycles. The first-order chi connectivity index (χ1) is 14.7. The van der Waals surface area contributed by atoms with E-state index in [-0.39, 0.29) is 11.6 Å². The summed E-state index contributed by atoms with van der Waals surface area (Å²) in [5.74, 6) is -0.563. The average Bonchev–Trinajstić information content (AvgIpc) is 3.35. The number of fused-ring (bicyclic) bond motifs is 1. The second-order valence-electron chi connectivity index (χ2n) is 8.67. The molecule has 2 aromatic carbocycles. The zero-order valence-corrected chi connectivity index (χ0v) is 17.6. The second kappa shape index (κ2) is 7.55. The predicted molar refractivity (Wildman–Crippen MR) is 114 cm³/mol. The van der Waals surface area contributed by atoms with Gasteiger partial charge in [0.05, 0.1) is 23.0 Å². The van der Waals surface area contributed by atoms with Crippen LogP contribution >= 0.6 is 0 Å². The molecule has 4 rings (SSSR count). The summed E-state index contributed by atoms with van der Waals surface area (Å²) in [4.78, 5) is 13.5. The fourth-order valence-electron chi connectivity index (χ4n) is 4.38. The summed E-state index contributed by atoms with van der Waals surface area (Å²) in [7, 11) is 0. The van der Waals surface area contributed by atoms with Crippen LogP contribution in [-0.4, -0.2) is 31.4 Å². The van der Waals surface area contributed by atoms with Crippen molar-refractivity contribution in [1.29, 1.82) is 5.26 Å². The number of nitriles is 1. The smallest absolute Gasteiger partial charge is 0.408 e. The molecule has 0 bridgehead atoms. The third-order valence-electron chi connectivity index (χ3n) is 5.68. The molecule has 0 radical (unpaired) electrons. The number of hydrogen-bond donors (Lipinski definition) is 1. The molecule has 0 aliphatic heterocycles. The van der Waals surface area contributed by atoms with Crippen LogP contribution in [0.1, 0.15) is 49.9 Å². The SMILES string of the molecule is CC(C)(C)N(C(=O)O)C1CCc2c(-c3ccn(-c4ccc(F)c(C#N)c4)n3)cccc21. The van der Waals surface area contributed by atoms with Crippen LogP contribution in [0.5, 0.6) is 0 Å². The van der Waals surface area contributed by atoms with Crippen molar-refractivity contribution in [2.75, 3.05) is 0 Å². The van der Waals surface area contributed by atoms with Crippen LogP contribution in [-0.2, 0) is 6.42 Å². The summed E-state index contributed by atoms with van der Waals surface area (Å²) >= 11 is 0. The molecule has 1 unspecified atom stereocenters. The molecule has 1 heterocycles. The van der Waals surface area contributed by atoms with Gasteiger partial charge < -0.3 is 5.11 Å². The van der Waals surface area contributed by atoms with Crippen molar-refractivity contribution in [3.05, 3.63) is 71.2 Å². The van der Waals surface area contributed by atoms with Gasteiger partial charge in [0.25, 0.3) is 0 Å². The van der Waals surface area contributed by atoms with Gasteiger partial charge in [0, 0.05) is 17.3 Å². The van der Waals surface area contributed by atoms with E-state index in [1.54, 1.807) is 16.9 Å². The monoisotopic (exact) mass is 418 g/mol. The topological polar surface area (TPSA) is 82.2 Å². The highest BCUT2D eigenvalue weighted by Crippen LogP contribution is 2.42. The predicted octanol–water partition coefficient (Wildman–Crippen LogP) is 5.32. The highest BCUT2D eigenvalue weighted by atomic mass is 19.1. The lowest BCUT2D eigenvalue weighted by Gasteiger charge is -2.38. The highest BCUT2D eigenvalue weighted by molar-refractivity contribution is 5.70. The summed E-state index contributed by atoms with van der Waals surface area (Å²) in [6.07, 6.45) is 2.33. The zero-order chi connectivity index (χ0) is 22.3. The lowest BCUT2D eigenvalue weighted by Crippen LogP contribution is -2.46. The molecule has 1 aliphatic rings. The van der Waals surface area contributed by atoms with Gasteiger partial charge in [0.2, 0.25) is 0 Å². The van der Waals surface area contributed by atoms with Crippen LogP contribution < -0.4 is 0 Å². The highest BCUT2D eigenvalue weighted by Gasteiger charge is 2.38. The van der Waals surface area contributed by atoms with Gasteiger partial charge in [-0.05, 0) is 69.0 Å². The molecule has 158 valence electrons. The molecule has 1 aromatic heterocycles. The Morgan fingerprint density at radius 1 is 1.29 bits per heavy atom. The maximum atomic E-state index is 13.7. The Balaban J connectivity index is 1.72. The number of aromatic nitrogens is 2. The molecule has 31 heavy (non-hydrogen) atoms. The van der Waals surface area contributed by atoms with Gasteiger partial charge in [-0.2, -0.15) is 10.4 Å². The van der Waals surface area contributed by atoms with E-state index in [0.29, 0.717) is 5.69 Å². The molecule has 0 fully saturated rings. The van der Waals surface area contributed by atoms with Crippen molar-refractivity contribution in [2.24, 2.45) is 0 Å². The Bertz CT molecular complexity index is 1200. The zero-order valence-electron chi connectivity index (χ0n) is 17.6. The van der Waals surface area contributed by atoms with Gasteiger partial charge >= 0.3 is 6.09 Å². The number of halogens is 1. The minimum Gasteiger partial charge on any atom is -0.465 e. The Morgan fingerprint density at radius 3 is 2.74 bits per heavy atom. The first-order valence-electron chi connectivity index (χ1n) is 10.1. The molecule has 1 amide bonds. The fourth-order valence-corrected chi connectivity index (χ4v) is 4.38. The number of carbonyl (C=O) groups is 1. The Morgan fingerprint density at radius 2 is 2.06 bits per heavy atom. The number of carboxylic acid groups (broad SMARTS) is 1. The van der Waals surface area contributed by atoms with Crippen LogP contribution in [0.3, 0.4) is 0 Å². The summed E-state index contributed by atoms with van der Waals surface area (Å²) in [6, 6.07) is 13.7.